The predicted molar refractivity (Wildman–Crippen MR) is 125 cm³/mol. The highest BCUT2D eigenvalue weighted by molar-refractivity contribution is 5.98. The molecule has 5 rings (SSSR count). The van der Waals surface area contributed by atoms with Gasteiger partial charge in [0.25, 0.3) is 0 Å². The van der Waals surface area contributed by atoms with Crippen LogP contribution < -0.4 is 19.5 Å². The smallest absolute Gasteiger partial charge is 0.338 e. The molecule has 7 heteroatoms. The molecule has 34 heavy (non-hydrogen) atoms. The Balaban J connectivity index is 1.28. The first-order chi connectivity index (χ1) is 16.5. The van der Waals surface area contributed by atoms with Gasteiger partial charge in [-0.3, -0.25) is 4.79 Å². The molecule has 3 aromatic carbocycles. The highest BCUT2D eigenvalue weighted by atomic mass is 16.7. The molecule has 2 aliphatic heterocycles. The summed E-state index contributed by atoms with van der Waals surface area (Å²) in [7, 11) is 1.37. The van der Waals surface area contributed by atoms with Crippen molar-refractivity contribution in [2.75, 3.05) is 20.4 Å². The van der Waals surface area contributed by atoms with Gasteiger partial charge in [0.15, 0.2) is 11.5 Å². The van der Waals surface area contributed by atoms with Crippen molar-refractivity contribution in [1.82, 2.24) is 5.32 Å². The van der Waals surface area contributed by atoms with Gasteiger partial charge in [-0.25, -0.2) is 4.79 Å². The van der Waals surface area contributed by atoms with Crippen LogP contribution in [0.4, 0.5) is 0 Å². The van der Waals surface area contributed by atoms with E-state index >= 15 is 0 Å². The minimum atomic E-state index is -0.392. The van der Waals surface area contributed by atoms with Gasteiger partial charge in [0.1, 0.15) is 11.9 Å². The summed E-state index contributed by atoms with van der Waals surface area (Å²) >= 11 is 0. The number of carbonyl (C=O) groups excluding carboxylic acids is 2. The molecular weight excluding hydrogens is 434 g/mol. The Kier molecular flexibility index (Phi) is 5.84. The third-order valence-electron chi connectivity index (χ3n) is 5.99. The molecule has 2 aliphatic rings. The lowest BCUT2D eigenvalue weighted by molar-refractivity contribution is -0.120. The van der Waals surface area contributed by atoms with Gasteiger partial charge in [0.2, 0.25) is 12.7 Å². The maximum atomic E-state index is 12.5. The van der Waals surface area contributed by atoms with E-state index in [1.807, 2.05) is 49.4 Å². The number of hydrogen-bond acceptors (Lipinski definition) is 6. The van der Waals surface area contributed by atoms with E-state index in [0.717, 1.165) is 33.6 Å². The third-order valence-corrected chi connectivity index (χ3v) is 5.99. The lowest BCUT2D eigenvalue weighted by Crippen LogP contribution is -2.35. The van der Waals surface area contributed by atoms with Crippen LogP contribution in [-0.2, 0) is 22.4 Å². The summed E-state index contributed by atoms with van der Waals surface area (Å²) in [6, 6.07) is 17.0. The van der Waals surface area contributed by atoms with Gasteiger partial charge < -0.3 is 24.3 Å². The van der Waals surface area contributed by atoms with Gasteiger partial charge in [-0.1, -0.05) is 30.3 Å². The highest BCUT2D eigenvalue weighted by Crippen LogP contribution is 2.41. The Bertz CT molecular complexity index is 1270. The first-order valence-corrected chi connectivity index (χ1v) is 11.1. The molecule has 174 valence electrons. The van der Waals surface area contributed by atoms with Crippen LogP contribution in [0.1, 0.15) is 27.0 Å². The molecule has 0 saturated heterocycles. The van der Waals surface area contributed by atoms with E-state index in [-0.39, 0.29) is 25.2 Å². The van der Waals surface area contributed by atoms with Crippen LogP contribution in [0.2, 0.25) is 0 Å². The molecule has 0 saturated carbocycles. The summed E-state index contributed by atoms with van der Waals surface area (Å²) in [6.07, 6.45) is 0.726. The van der Waals surface area contributed by atoms with E-state index in [1.165, 1.54) is 7.11 Å². The molecule has 0 radical (unpaired) electrons. The second-order valence-corrected chi connectivity index (χ2v) is 8.45. The maximum Gasteiger partial charge on any atom is 0.338 e. The minimum absolute atomic E-state index is 0.0918. The summed E-state index contributed by atoms with van der Waals surface area (Å²) < 4.78 is 21.9. The largest absolute Gasteiger partial charge is 0.487 e. The SMILES string of the molecule is COC(=O)c1ccccc1-c1cc(C)cc2c1OC(CNC(=O)Cc1ccc3c(c1)OCO3)C2. The van der Waals surface area contributed by atoms with Crippen LogP contribution >= 0.6 is 0 Å². The number of fused-ring (bicyclic) bond motifs is 2. The zero-order valence-corrected chi connectivity index (χ0v) is 19.1. The molecule has 1 N–H and O–H groups in total. The first-order valence-electron chi connectivity index (χ1n) is 11.1. The average Bonchev–Trinajstić information content (AvgIpc) is 3.48. The summed E-state index contributed by atoms with van der Waals surface area (Å²) in [5.74, 6) is 1.62. The van der Waals surface area contributed by atoms with E-state index in [4.69, 9.17) is 18.9 Å². The van der Waals surface area contributed by atoms with Crippen molar-refractivity contribution in [3.8, 4) is 28.4 Å². The molecule has 0 spiro atoms. The summed E-state index contributed by atoms with van der Waals surface area (Å²) in [4.78, 5) is 24.9. The van der Waals surface area contributed by atoms with E-state index in [1.54, 1.807) is 6.07 Å². The Morgan fingerprint density at radius 3 is 2.71 bits per heavy atom. The summed E-state index contributed by atoms with van der Waals surface area (Å²) in [6.45, 7) is 2.61. The van der Waals surface area contributed by atoms with Gasteiger partial charge in [-0.05, 0) is 53.4 Å². The maximum absolute atomic E-state index is 12.5. The van der Waals surface area contributed by atoms with Crippen LogP contribution in [0.25, 0.3) is 11.1 Å². The number of benzene rings is 3. The van der Waals surface area contributed by atoms with Crippen LogP contribution in [0.3, 0.4) is 0 Å². The number of hydrogen-bond donors (Lipinski definition) is 1. The van der Waals surface area contributed by atoms with E-state index in [9.17, 15) is 9.59 Å². The van der Waals surface area contributed by atoms with Gasteiger partial charge in [0.05, 0.1) is 25.6 Å². The predicted octanol–water partition coefficient (Wildman–Crippen LogP) is 3.84. The monoisotopic (exact) mass is 459 g/mol. The normalized spacial score (nSPS) is 15.4. The van der Waals surface area contributed by atoms with Crippen LogP contribution in [0, 0.1) is 6.92 Å². The highest BCUT2D eigenvalue weighted by Gasteiger charge is 2.28. The second kappa shape index (κ2) is 9.09. The number of aryl methyl sites for hydroxylation is 1. The van der Waals surface area contributed by atoms with E-state index in [0.29, 0.717) is 30.0 Å². The molecule has 1 amide bonds. The first kappa shape index (κ1) is 21.8. The van der Waals surface area contributed by atoms with Crippen molar-refractivity contribution < 1.29 is 28.5 Å². The van der Waals surface area contributed by atoms with E-state index in [2.05, 4.69) is 11.4 Å². The average molecular weight is 459 g/mol. The molecule has 0 fully saturated rings. The zero-order valence-electron chi connectivity index (χ0n) is 19.1. The molecule has 1 atom stereocenters. The van der Waals surface area contributed by atoms with Crippen LogP contribution in [0.5, 0.6) is 17.2 Å². The minimum Gasteiger partial charge on any atom is -0.487 e. The van der Waals surface area contributed by atoms with Gasteiger partial charge >= 0.3 is 5.97 Å². The molecule has 1 unspecified atom stereocenters. The van der Waals surface area contributed by atoms with Crippen molar-refractivity contribution >= 4 is 11.9 Å². The van der Waals surface area contributed by atoms with Crippen molar-refractivity contribution in [2.45, 2.75) is 25.9 Å². The Labute approximate surface area is 197 Å². The topological polar surface area (TPSA) is 83.1 Å². The fraction of sp³-hybridized carbons (Fsp3) is 0.259. The number of esters is 1. The molecule has 0 bridgehead atoms. The summed E-state index contributed by atoms with van der Waals surface area (Å²) in [5, 5.41) is 2.98. The second-order valence-electron chi connectivity index (χ2n) is 8.45. The lowest BCUT2D eigenvalue weighted by Gasteiger charge is -2.15. The van der Waals surface area contributed by atoms with Gasteiger partial charge in [-0.15, -0.1) is 0 Å². The van der Waals surface area contributed by atoms with Crippen LogP contribution in [0.15, 0.2) is 54.6 Å². The van der Waals surface area contributed by atoms with Crippen molar-refractivity contribution in [3.63, 3.8) is 0 Å². The Hall–Kier alpha value is -4.00. The van der Waals surface area contributed by atoms with Gasteiger partial charge in [-0.2, -0.15) is 0 Å². The van der Waals surface area contributed by atoms with Crippen molar-refractivity contribution in [1.29, 1.82) is 0 Å². The van der Waals surface area contributed by atoms with Gasteiger partial charge in [0, 0.05) is 12.0 Å². The van der Waals surface area contributed by atoms with Crippen molar-refractivity contribution in [3.05, 3.63) is 76.9 Å². The zero-order chi connectivity index (χ0) is 23.7. The quantitative estimate of drug-likeness (QED) is 0.564. The molecule has 2 heterocycles. The molecule has 0 aromatic heterocycles. The van der Waals surface area contributed by atoms with E-state index < -0.39 is 5.97 Å². The van der Waals surface area contributed by atoms with Crippen LogP contribution in [-0.4, -0.2) is 38.4 Å². The fourth-order valence-electron chi connectivity index (χ4n) is 4.44. The standard InChI is InChI=1S/C27H25NO6/c1-16-9-18-13-19(14-28-25(29)12-17-7-8-23-24(11-17)33-15-32-23)34-26(18)22(10-16)20-5-3-4-6-21(20)27(30)31-2/h3-11,19H,12-15H2,1-2H3,(H,28,29). The number of carbonyl (C=O) groups is 2. The number of amides is 1. The third kappa shape index (κ3) is 4.29. The number of rotatable bonds is 6. The molecule has 0 aliphatic carbocycles. The number of nitrogens with one attached hydrogen (secondary N) is 1. The number of methoxy groups -OCH3 is 1. The molecule has 3 aromatic rings. The fourth-order valence-corrected chi connectivity index (χ4v) is 4.44. The molecule has 7 nitrogen and oxygen atoms in total. The Morgan fingerprint density at radius 2 is 1.85 bits per heavy atom. The molecular formula is C27H25NO6. The van der Waals surface area contributed by atoms with Crippen molar-refractivity contribution in [2.24, 2.45) is 0 Å². The lowest BCUT2D eigenvalue weighted by atomic mass is 9.94. The summed E-state index contributed by atoms with van der Waals surface area (Å²) in [5.41, 5.74) is 5.10. The Morgan fingerprint density at radius 1 is 1.03 bits per heavy atom. The number of ether oxygens (including phenoxy) is 4.